The Labute approximate surface area is 99.6 Å². The Kier molecular flexibility index (Phi) is 7.34. The fraction of sp³-hybridized carbons (Fsp3) is 0.917. The van der Waals surface area contributed by atoms with Crippen molar-refractivity contribution in [3.8, 4) is 0 Å². The van der Waals surface area contributed by atoms with Crippen LogP contribution in [0.5, 0.6) is 0 Å². The van der Waals surface area contributed by atoms with Gasteiger partial charge in [-0.25, -0.2) is 0 Å². The van der Waals surface area contributed by atoms with Gasteiger partial charge in [0.05, 0.1) is 6.04 Å². The Hall–Kier alpha value is -0.610. The molecule has 0 saturated heterocycles. The summed E-state index contributed by atoms with van der Waals surface area (Å²) in [5.41, 5.74) is 0.134. The van der Waals surface area contributed by atoms with Crippen LogP contribution in [0.15, 0.2) is 0 Å². The maximum atomic E-state index is 11.5. The Morgan fingerprint density at radius 1 is 1.19 bits per heavy atom. The second-order valence-corrected chi connectivity index (χ2v) is 5.14. The first-order valence-electron chi connectivity index (χ1n) is 6.13. The molecule has 0 rings (SSSR count). The van der Waals surface area contributed by atoms with E-state index in [1.165, 1.54) is 0 Å². The van der Waals surface area contributed by atoms with E-state index in [4.69, 9.17) is 0 Å². The van der Waals surface area contributed by atoms with Crippen molar-refractivity contribution < 1.29 is 4.79 Å². The molecule has 0 aliphatic carbocycles. The smallest absolute Gasteiger partial charge is 0.236 e. The Bertz CT molecular complexity index is 199. The third kappa shape index (κ3) is 8.68. The minimum absolute atomic E-state index is 0.0811. The molecular formula is C12H27N3O. The van der Waals surface area contributed by atoms with E-state index in [-0.39, 0.29) is 17.5 Å². The van der Waals surface area contributed by atoms with Gasteiger partial charge in [0.2, 0.25) is 5.91 Å². The summed E-state index contributed by atoms with van der Waals surface area (Å²) < 4.78 is 0. The number of nitrogens with one attached hydrogen (secondary N) is 3. The van der Waals surface area contributed by atoms with E-state index in [9.17, 15) is 4.79 Å². The predicted octanol–water partition coefficient (Wildman–Crippen LogP) is 0.879. The summed E-state index contributed by atoms with van der Waals surface area (Å²) in [4.78, 5) is 11.5. The molecule has 0 radical (unpaired) electrons. The Morgan fingerprint density at radius 2 is 1.81 bits per heavy atom. The summed E-state index contributed by atoms with van der Waals surface area (Å²) in [6, 6.07) is -0.117. The molecule has 0 spiro atoms. The molecule has 0 fully saturated rings. The maximum absolute atomic E-state index is 11.5. The largest absolute Gasteiger partial charge is 0.355 e. The highest BCUT2D eigenvalue weighted by Crippen LogP contribution is 1.96. The monoisotopic (exact) mass is 229 g/mol. The van der Waals surface area contributed by atoms with E-state index in [2.05, 4.69) is 36.7 Å². The number of hydrogen-bond acceptors (Lipinski definition) is 3. The van der Waals surface area contributed by atoms with Crippen LogP contribution in [-0.2, 0) is 4.79 Å². The molecule has 0 heterocycles. The van der Waals surface area contributed by atoms with Crippen molar-refractivity contribution in [3.05, 3.63) is 0 Å². The van der Waals surface area contributed by atoms with Crippen molar-refractivity contribution in [3.63, 3.8) is 0 Å². The number of amides is 1. The highest BCUT2D eigenvalue weighted by molar-refractivity contribution is 5.81. The molecule has 0 aromatic carbocycles. The molecule has 96 valence electrons. The molecular weight excluding hydrogens is 202 g/mol. The average Bonchev–Trinajstić information content (AvgIpc) is 2.19. The van der Waals surface area contributed by atoms with Gasteiger partial charge >= 0.3 is 0 Å². The van der Waals surface area contributed by atoms with Crippen molar-refractivity contribution in [2.75, 3.05) is 19.6 Å². The predicted molar refractivity (Wildman–Crippen MR) is 68.5 cm³/mol. The van der Waals surface area contributed by atoms with Gasteiger partial charge in [-0.3, -0.25) is 4.79 Å². The Morgan fingerprint density at radius 3 is 2.31 bits per heavy atom. The van der Waals surface area contributed by atoms with Crippen molar-refractivity contribution in [2.45, 2.75) is 52.6 Å². The highest BCUT2D eigenvalue weighted by atomic mass is 16.2. The zero-order valence-corrected chi connectivity index (χ0v) is 11.3. The maximum Gasteiger partial charge on any atom is 0.236 e. The van der Waals surface area contributed by atoms with Gasteiger partial charge in [-0.05, 0) is 34.1 Å². The quantitative estimate of drug-likeness (QED) is 0.568. The molecule has 4 nitrogen and oxygen atoms in total. The van der Waals surface area contributed by atoms with E-state index in [0.717, 1.165) is 26.1 Å². The molecule has 0 aliphatic heterocycles. The first kappa shape index (κ1) is 15.4. The number of carbonyl (C=O) groups is 1. The molecule has 0 aromatic heterocycles. The van der Waals surface area contributed by atoms with Gasteiger partial charge in [0.15, 0.2) is 0 Å². The van der Waals surface area contributed by atoms with Crippen LogP contribution in [0.25, 0.3) is 0 Å². The van der Waals surface area contributed by atoms with E-state index >= 15 is 0 Å². The highest BCUT2D eigenvalue weighted by Gasteiger charge is 2.11. The van der Waals surface area contributed by atoms with Crippen molar-refractivity contribution in [1.29, 1.82) is 0 Å². The molecule has 3 N–H and O–H groups in total. The van der Waals surface area contributed by atoms with Crippen LogP contribution in [0.3, 0.4) is 0 Å². The van der Waals surface area contributed by atoms with Gasteiger partial charge in [0.1, 0.15) is 0 Å². The van der Waals surface area contributed by atoms with Crippen LogP contribution in [0.4, 0.5) is 0 Å². The standard InChI is InChI=1S/C12H27N3O/c1-6-7-14-11(16)10(2)13-8-9-15-12(3,4)5/h10,13,15H,6-9H2,1-5H3,(H,14,16). The van der Waals surface area contributed by atoms with Gasteiger partial charge in [0.25, 0.3) is 0 Å². The van der Waals surface area contributed by atoms with Gasteiger partial charge in [-0.1, -0.05) is 6.92 Å². The number of hydrogen-bond donors (Lipinski definition) is 3. The van der Waals surface area contributed by atoms with Gasteiger partial charge in [-0.2, -0.15) is 0 Å². The molecule has 1 unspecified atom stereocenters. The lowest BCUT2D eigenvalue weighted by Gasteiger charge is -2.21. The summed E-state index contributed by atoms with van der Waals surface area (Å²) in [5, 5.41) is 9.42. The lowest BCUT2D eigenvalue weighted by atomic mass is 10.1. The van der Waals surface area contributed by atoms with E-state index in [1.54, 1.807) is 0 Å². The van der Waals surface area contributed by atoms with E-state index in [0.29, 0.717) is 0 Å². The first-order chi connectivity index (χ1) is 7.37. The summed E-state index contributed by atoms with van der Waals surface area (Å²) in [7, 11) is 0. The molecule has 16 heavy (non-hydrogen) atoms. The molecule has 0 bridgehead atoms. The molecule has 1 amide bonds. The normalized spacial score (nSPS) is 13.6. The van der Waals surface area contributed by atoms with Gasteiger partial charge in [-0.15, -0.1) is 0 Å². The fourth-order valence-electron chi connectivity index (χ4n) is 1.22. The molecule has 0 aliphatic rings. The van der Waals surface area contributed by atoms with E-state index < -0.39 is 0 Å². The van der Waals surface area contributed by atoms with E-state index in [1.807, 2.05) is 13.8 Å². The van der Waals surface area contributed by atoms with Crippen LogP contribution >= 0.6 is 0 Å². The molecule has 4 heteroatoms. The zero-order chi connectivity index (χ0) is 12.6. The van der Waals surface area contributed by atoms with Gasteiger partial charge < -0.3 is 16.0 Å². The topological polar surface area (TPSA) is 53.2 Å². The summed E-state index contributed by atoms with van der Waals surface area (Å²) in [6.45, 7) is 12.8. The second kappa shape index (κ2) is 7.63. The van der Waals surface area contributed by atoms with Gasteiger partial charge in [0, 0.05) is 25.2 Å². The fourth-order valence-corrected chi connectivity index (χ4v) is 1.22. The molecule has 1 atom stereocenters. The third-order valence-electron chi connectivity index (χ3n) is 2.17. The SMILES string of the molecule is CCCNC(=O)C(C)NCCNC(C)(C)C. The minimum atomic E-state index is -0.117. The summed E-state index contributed by atoms with van der Waals surface area (Å²) >= 11 is 0. The lowest BCUT2D eigenvalue weighted by molar-refractivity contribution is -0.122. The zero-order valence-electron chi connectivity index (χ0n) is 11.3. The van der Waals surface area contributed by atoms with Crippen molar-refractivity contribution >= 4 is 5.91 Å². The molecule has 0 saturated carbocycles. The lowest BCUT2D eigenvalue weighted by Crippen LogP contribution is -2.46. The van der Waals surface area contributed by atoms with Crippen molar-refractivity contribution in [2.24, 2.45) is 0 Å². The third-order valence-corrected chi connectivity index (χ3v) is 2.17. The second-order valence-electron chi connectivity index (χ2n) is 5.14. The number of rotatable bonds is 7. The molecule has 0 aromatic rings. The van der Waals surface area contributed by atoms with Crippen LogP contribution < -0.4 is 16.0 Å². The van der Waals surface area contributed by atoms with Crippen LogP contribution in [-0.4, -0.2) is 37.1 Å². The van der Waals surface area contributed by atoms with Crippen LogP contribution in [0.2, 0.25) is 0 Å². The minimum Gasteiger partial charge on any atom is -0.355 e. The van der Waals surface area contributed by atoms with Crippen LogP contribution in [0, 0.1) is 0 Å². The summed E-state index contributed by atoms with van der Waals surface area (Å²) in [5.74, 6) is 0.0811. The Balaban J connectivity index is 3.57. The average molecular weight is 229 g/mol. The van der Waals surface area contributed by atoms with Crippen molar-refractivity contribution in [1.82, 2.24) is 16.0 Å². The van der Waals surface area contributed by atoms with Crippen LogP contribution in [0.1, 0.15) is 41.0 Å². The number of carbonyl (C=O) groups excluding carboxylic acids is 1. The first-order valence-corrected chi connectivity index (χ1v) is 6.13. The summed E-state index contributed by atoms with van der Waals surface area (Å²) in [6.07, 6.45) is 0.976.